The Morgan fingerprint density at radius 3 is 1.76 bits per heavy atom. The number of benzene rings is 10. The highest BCUT2D eigenvalue weighted by Crippen LogP contribution is 2.45. The van der Waals surface area contributed by atoms with Gasteiger partial charge in [0.15, 0.2) is 17.5 Å². The molecule has 4 nitrogen and oxygen atoms in total. The number of hydrogen-bond acceptors (Lipinski definition) is 4. The second-order valence-electron chi connectivity index (χ2n) is 15.9. The van der Waals surface area contributed by atoms with Gasteiger partial charge in [0.2, 0.25) is 0 Å². The van der Waals surface area contributed by atoms with Gasteiger partial charge < -0.3 is 4.57 Å². The van der Waals surface area contributed by atoms with E-state index in [2.05, 4.69) is 193 Å². The lowest BCUT2D eigenvalue weighted by molar-refractivity contribution is 1.08. The highest BCUT2D eigenvalue weighted by Gasteiger charge is 2.24. The number of para-hydroxylation sites is 1. The van der Waals surface area contributed by atoms with Crippen molar-refractivity contribution in [2.45, 2.75) is 0 Å². The van der Waals surface area contributed by atoms with Crippen molar-refractivity contribution < 1.29 is 0 Å². The van der Waals surface area contributed by atoms with Crippen molar-refractivity contribution in [1.82, 2.24) is 19.5 Å². The van der Waals surface area contributed by atoms with Gasteiger partial charge >= 0.3 is 0 Å². The minimum absolute atomic E-state index is 0.630. The summed E-state index contributed by atoms with van der Waals surface area (Å²) in [5, 5.41) is 11.9. The standard InChI is InChI=1S/C57H34N4S/c1-2-16-36(17-3-1)55-58-56(46-26-14-25-45-43-23-11-13-28-52(43)62-54(45)46)60-57(59-55)49-34-47(40-30-29-35-15-4-5-18-37(35)31-40)53(44-24-9-8-21-41(44)49)61-50-27-12-10-22-42(50)48-32-38-19-6-7-20-39(38)33-51(48)61/h1-34H. The minimum atomic E-state index is 0.630. The van der Waals surface area contributed by atoms with E-state index in [9.17, 15) is 0 Å². The minimum Gasteiger partial charge on any atom is -0.308 e. The number of rotatable bonds is 5. The molecule has 0 aliphatic rings. The fourth-order valence-electron chi connectivity index (χ4n) is 9.52. The zero-order chi connectivity index (χ0) is 40.7. The van der Waals surface area contributed by atoms with Crippen LogP contribution in [0, 0.1) is 0 Å². The molecule has 0 radical (unpaired) electrons. The third kappa shape index (κ3) is 5.42. The Balaban J connectivity index is 1.15. The molecule has 0 aliphatic heterocycles. The van der Waals surface area contributed by atoms with Crippen LogP contribution >= 0.6 is 11.3 Å². The Hall–Kier alpha value is -7.99. The maximum absolute atomic E-state index is 5.46. The number of thiophene rings is 1. The zero-order valence-electron chi connectivity index (χ0n) is 33.3. The van der Waals surface area contributed by atoms with Gasteiger partial charge in [0.1, 0.15) is 0 Å². The summed E-state index contributed by atoms with van der Waals surface area (Å²) >= 11 is 1.79. The van der Waals surface area contributed by atoms with Crippen LogP contribution in [0.5, 0.6) is 0 Å². The fraction of sp³-hybridized carbons (Fsp3) is 0. The molecule has 0 bridgehead atoms. The van der Waals surface area contributed by atoms with Crippen molar-refractivity contribution in [3.63, 3.8) is 0 Å². The molecule has 0 spiro atoms. The van der Waals surface area contributed by atoms with E-state index in [0.717, 1.165) is 55.3 Å². The molecule has 0 aliphatic carbocycles. The number of hydrogen-bond donors (Lipinski definition) is 0. The van der Waals surface area contributed by atoms with Crippen LogP contribution in [0.15, 0.2) is 206 Å². The lowest BCUT2D eigenvalue weighted by Gasteiger charge is -2.20. The molecule has 0 saturated carbocycles. The highest BCUT2D eigenvalue weighted by molar-refractivity contribution is 7.26. The molecule has 13 rings (SSSR count). The molecule has 3 aromatic heterocycles. The van der Waals surface area contributed by atoms with Gasteiger partial charge in [0.25, 0.3) is 0 Å². The Morgan fingerprint density at radius 2 is 0.935 bits per heavy atom. The van der Waals surface area contributed by atoms with Gasteiger partial charge in [0, 0.05) is 58.6 Å². The first-order valence-corrected chi connectivity index (χ1v) is 21.7. The quantitative estimate of drug-likeness (QED) is 0.174. The lowest BCUT2D eigenvalue weighted by atomic mass is 9.92. The summed E-state index contributed by atoms with van der Waals surface area (Å²) in [4.78, 5) is 16.1. The summed E-state index contributed by atoms with van der Waals surface area (Å²) in [5.74, 6) is 1.92. The number of nitrogens with zero attached hydrogens (tertiary/aromatic N) is 4. The predicted molar refractivity (Wildman–Crippen MR) is 261 cm³/mol. The van der Waals surface area contributed by atoms with E-state index in [1.807, 2.05) is 18.2 Å². The highest BCUT2D eigenvalue weighted by atomic mass is 32.1. The van der Waals surface area contributed by atoms with Gasteiger partial charge in [-0.1, -0.05) is 164 Å². The molecule has 62 heavy (non-hydrogen) atoms. The van der Waals surface area contributed by atoms with Crippen molar-refractivity contribution in [3.8, 4) is 51.0 Å². The molecular formula is C57H34N4S. The van der Waals surface area contributed by atoms with Crippen LogP contribution in [0.4, 0.5) is 0 Å². The second kappa shape index (κ2) is 13.8. The third-order valence-corrected chi connectivity index (χ3v) is 13.6. The monoisotopic (exact) mass is 806 g/mol. The molecular weight excluding hydrogens is 773 g/mol. The first-order valence-electron chi connectivity index (χ1n) is 20.9. The van der Waals surface area contributed by atoms with Gasteiger partial charge in [-0.2, -0.15) is 0 Å². The molecule has 13 aromatic rings. The van der Waals surface area contributed by atoms with Crippen molar-refractivity contribution >= 4 is 85.6 Å². The summed E-state index contributed by atoms with van der Waals surface area (Å²) in [5.41, 5.74) is 8.53. The first-order chi connectivity index (χ1) is 30.7. The topological polar surface area (TPSA) is 43.6 Å². The molecule has 10 aromatic carbocycles. The molecule has 0 amide bonds. The average molecular weight is 807 g/mol. The summed E-state index contributed by atoms with van der Waals surface area (Å²) in [6, 6.07) is 74.1. The summed E-state index contributed by atoms with van der Waals surface area (Å²) in [6.45, 7) is 0. The molecule has 0 fully saturated rings. The van der Waals surface area contributed by atoms with E-state index < -0.39 is 0 Å². The molecule has 0 unspecified atom stereocenters. The van der Waals surface area contributed by atoms with E-state index >= 15 is 0 Å². The zero-order valence-corrected chi connectivity index (χ0v) is 34.1. The van der Waals surface area contributed by atoms with E-state index in [4.69, 9.17) is 15.0 Å². The van der Waals surface area contributed by atoms with Crippen molar-refractivity contribution in [1.29, 1.82) is 0 Å². The number of aromatic nitrogens is 4. The van der Waals surface area contributed by atoms with Crippen molar-refractivity contribution in [3.05, 3.63) is 206 Å². The summed E-state index contributed by atoms with van der Waals surface area (Å²) < 4.78 is 4.90. The molecule has 288 valence electrons. The molecule has 0 atom stereocenters. The fourth-order valence-corrected chi connectivity index (χ4v) is 10.7. The van der Waals surface area contributed by atoms with E-state index in [1.165, 1.54) is 52.5 Å². The van der Waals surface area contributed by atoms with Crippen LogP contribution in [0.25, 0.3) is 125 Å². The van der Waals surface area contributed by atoms with Gasteiger partial charge in [0.05, 0.1) is 16.7 Å². The van der Waals surface area contributed by atoms with Gasteiger partial charge in [-0.25, -0.2) is 15.0 Å². The Labute approximate surface area is 360 Å². The van der Waals surface area contributed by atoms with Gasteiger partial charge in [-0.3, -0.25) is 0 Å². The van der Waals surface area contributed by atoms with E-state index in [1.54, 1.807) is 11.3 Å². The van der Waals surface area contributed by atoms with Crippen LogP contribution in [0.2, 0.25) is 0 Å². The first kappa shape index (κ1) is 34.8. The van der Waals surface area contributed by atoms with Crippen LogP contribution < -0.4 is 0 Å². The van der Waals surface area contributed by atoms with Crippen LogP contribution in [0.3, 0.4) is 0 Å². The summed E-state index contributed by atoms with van der Waals surface area (Å²) in [6.07, 6.45) is 0. The van der Waals surface area contributed by atoms with Gasteiger partial charge in [-0.15, -0.1) is 11.3 Å². The van der Waals surface area contributed by atoms with Crippen LogP contribution in [0.1, 0.15) is 0 Å². The Bertz CT molecular complexity index is 3940. The van der Waals surface area contributed by atoms with E-state index in [-0.39, 0.29) is 0 Å². The predicted octanol–water partition coefficient (Wildman–Crippen LogP) is 15.5. The maximum Gasteiger partial charge on any atom is 0.165 e. The second-order valence-corrected chi connectivity index (χ2v) is 17.0. The maximum atomic E-state index is 5.46. The Morgan fingerprint density at radius 1 is 0.323 bits per heavy atom. The number of fused-ring (bicyclic) bond motifs is 9. The van der Waals surface area contributed by atoms with Crippen LogP contribution in [-0.2, 0) is 0 Å². The lowest BCUT2D eigenvalue weighted by Crippen LogP contribution is -2.03. The molecule has 0 N–H and O–H groups in total. The van der Waals surface area contributed by atoms with Crippen LogP contribution in [-0.4, -0.2) is 19.5 Å². The smallest absolute Gasteiger partial charge is 0.165 e. The van der Waals surface area contributed by atoms with Crippen molar-refractivity contribution in [2.24, 2.45) is 0 Å². The molecule has 3 heterocycles. The van der Waals surface area contributed by atoms with E-state index in [0.29, 0.717) is 17.5 Å². The average Bonchev–Trinajstić information content (AvgIpc) is 3.88. The third-order valence-electron chi connectivity index (χ3n) is 12.4. The van der Waals surface area contributed by atoms with Crippen molar-refractivity contribution in [2.75, 3.05) is 0 Å². The Kier molecular flexibility index (Phi) is 7.74. The largest absolute Gasteiger partial charge is 0.308 e. The molecule has 5 heteroatoms. The van der Waals surface area contributed by atoms with Gasteiger partial charge in [-0.05, 0) is 75.0 Å². The molecule has 0 saturated heterocycles. The summed E-state index contributed by atoms with van der Waals surface area (Å²) in [7, 11) is 0. The SMILES string of the molecule is c1ccc(-c2nc(-c3cc(-c4ccc5ccccc5c4)c(-n4c5ccccc5c5cc6ccccc6cc54)c4ccccc34)nc(-c3cccc4c3sc3ccccc34)n2)cc1. The normalized spacial score (nSPS) is 11.9.